The Morgan fingerprint density at radius 1 is 1.14 bits per heavy atom. The summed E-state index contributed by atoms with van der Waals surface area (Å²) in [6.45, 7) is 3.08. The van der Waals surface area contributed by atoms with E-state index >= 15 is 0 Å². The quantitative estimate of drug-likeness (QED) is 0.723. The summed E-state index contributed by atoms with van der Waals surface area (Å²) in [4.78, 5) is 22.8. The van der Waals surface area contributed by atoms with Crippen molar-refractivity contribution in [3.05, 3.63) is 71.5 Å². The number of aryl methyl sites for hydroxylation is 1. The van der Waals surface area contributed by atoms with Gasteiger partial charge in [-0.15, -0.1) is 0 Å². The fourth-order valence-corrected chi connectivity index (χ4v) is 3.33. The van der Waals surface area contributed by atoms with Gasteiger partial charge in [0.15, 0.2) is 0 Å². The number of hydrogen-bond acceptors (Lipinski definition) is 5. The molecule has 0 radical (unpaired) electrons. The van der Waals surface area contributed by atoms with Crippen LogP contribution in [-0.4, -0.2) is 34.6 Å². The molecule has 1 aliphatic rings. The monoisotopic (exact) mass is 390 g/mol. The van der Waals surface area contributed by atoms with Crippen LogP contribution in [0.2, 0.25) is 0 Å². The number of carbonyl (C=O) groups is 1. The van der Waals surface area contributed by atoms with Crippen molar-refractivity contribution >= 4 is 11.7 Å². The lowest BCUT2D eigenvalue weighted by Crippen LogP contribution is -2.38. The van der Waals surface area contributed by atoms with Crippen LogP contribution >= 0.6 is 0 Å². The number of rotatable bonds is 4. The van der Waals surface area contributed by atoms with E-state index in [1.165, 1.54) is 5.56 Å². The molecule has 7 nitrogen and oxygen atoms in total. The molecule has 0 fully saturated rings. The first-order valence-electron chi connectivity index (χ1n) is 9.40. The third-order valence-electron chi connectivity index (χ3n) is 4.82. The molecule has 0 saturated carbocycles. The normalized spacial score (nSPS) is 12.8. The Hall–Kier alpha value is -3.61. The number of ether oxygens (including phenoxy) is 2. The van der Waals surface area contributed by atoms with E-state index in [0.717, 1.165) is 23.4 Å². The summed E-state index contributed by atoms with van der Waals surface area (Å²) in [6, 6.07) is 15.1. The third-order valence-corrected chi connectivity index (χ3v) is 4.82. The number of hydrogen-bond donors (Lipinski definition) is 1. The van der Waals surface area contributed by atoms with Crippen molar-refractivity contribution in [2.45, 2.75) is 19.9 Å². The van der Waals surface area contributed by atoms with Gasteiger partial charge < -0.3 is 19.7 Å². The van der Waals surface area contributed by atoms with Gasteiger partial charge in [-0.3, -0.25) is 0 Å². The third kappa shape index (κ3) is 4.29. The van der Waals surface area contributed by atoms with Gasteiger partial charge in [-0.05, 0) is 55.3 Å². The van der Waals surface area contributed by atoms with Crippen LogP contribution in [0.3, 0.4) is 0 Å². The molecule has 0 spiro atoms. The van der Waals surface area contributed by atoms with Gasteiger partial charge in [0.25, 0.3) is 0 Å². The van der Waals surface area contributed by atoms with Crippen LogP contribution in [0.1, 0.15) is 16.8 Å². The van der Waals surface area contributed by atoms with E-state index in [0.29, 0.717) is 30.5 Å². The Kier molecular flexibility index (Phi) is 5.29. The lowest BCUT2D eigenvalue weighted by Gasteiger charge is -2.29. The minimum Gasteiger partial charge on any atom is -0.496 e. The molecule has 0 saturated heterocycles. The van der Waals surface area contributed by atoms with Crippen LogP contribution in [0.5, 0.6) is 17.5 Å². The van der Waals surface area contributed by atoms with E-state index in [-0.39, 0.29) is 6.03 Å². The summed E-state index contributed by atoms with van der Waals surface area (Å²) in [5, 5.41) is 2.94. The first kappa shape index (κ1) is 18.7. The number of methoxy groups -OCH3 is 1. The summed E-state index contributed by atoms with van der Waals surface area (Å²) in [5.41, 5.74) is 3.83. The van der Waals surface area contributed by atoms with Crippen molar-refractivity contribution < 1.29 is 14.3 Å². The summed E-state index contributed by atoms with van der Waals surface area (Å²) in [5.74, 6) is 1.49. The van der Waals surface area contributed by atoms with Crippen LogP contribution < -0.4 is 14.8 Å². The predicted octanol–water partition coefficient (Wildman–Crippen LogP) is 4.18. The van der Waals surface area contributed by atoms with Gasteiger partial charge in [0.2, 0.25) is 0 Å². The smallest absolute Gasteiger partial charge is 0.322 e. The fourth-order valence-electron chi connectivity index (χ4n) is 3.33. The summed E-state index contributed by atoms with van der Waals surface area (Å²) >= 11 is 0. The Bertz CT molecular complexity index is 1020. The minimum absolute atomic E-state index is 0.130. The van der Waals surface area contributed by atoms with Crippen molar-refractivity contribution in [3.8, 4) is 17.5 Å². The molecule has 29 heavy (non-hydrogen) atoms. The molecule has 0 unspecified atom stereocenters. The van der Waals surface area contributed by atoms with E-state index in [2.05, 4.69) is 15.3 Å². The summed E-state index contributed by atoms with van der Waals surface area (Å²) in [7, 11) is 1.67. The second kappa shape index (κ2) is 8.18. The van der Waals surface area contributed by atoms with Crippen molar-refractivity contribution in [1.82, 2.24) is 14.9 Å². The van der Waals surface area contributed by atoms with Crippen molar-refractivity contribution in [3.63, 3.8) is 0 Å². The zero-order valence-corrected chi connectivity index (χ0v) is 16.4. The lowest BCUT2D eigenvalue weighted by molar-refractivity contribution is 0.206. The van der Waals surface area contributed by atoms with Crippen LogP contribution in [0, 0.1) is 6.92 Å². The molecular formula is C22H22N4O3. The number of aromatic nitrogens is 2. The number of urea groups is 1. The molecule has 148 valence electrons. The van der Waals surface area contributed by atoms with Crippen LogP contribution in [0.4, 0.5) is 10.5 Å². The SMILES string of the molecule is COc1cccc2c1CCN(C(=O)Nc1ccc(Oc3nccc(C)n3)cc1)C2. The number of nitrogens with zero attached hydrogens (tertiary/aromatic N) is 3. The van der Waals surface area contributed by atoms with Crippen molar-refractivity contribution in [2.75, 3.05) is 19.0 Å². The first-order valence-corrected chi connectivity index (χ1v) is 9.40. The highest BCUT2D eigenvalue weighted by Gasteiger charge is 2.22. The fraction of sp³-hybridized carbons (Fsp3) is 0.227. The number of amides is 2. The van der Waals surface area contributed by atoms with Crippen LogP contribution in [0.15, 0.2) is 54.7 Å². The predicted molar refractivity (Wildman–Crippen MR) is 109 cm³/mol. The van der Waals surface area contributed by atoms with Crippen molar-refractivity contribution in [2.24, 2.45) is 0 Å². The van der Waals surface area contributed by atoms with E-state index in [9.17, 15) is 4.79 Å². The number of benzene rings is 2. The standard InChI is InChI=1S/C22H22N4O3/c1-15-10-12-23-21(24-15)29-18-8-6-17(7-9-18)25-22(27)26-13-11-19-16(14-26)4-3-5-20(19)28-2/h3-10,12H,11,13-14H2,1-2H3,(H,25,27). The van der Waals surface area contributed by atoms with Crippen LogP contribution in [0.25, 0.3) is 0 Å². The molecule has 3 aromatic rings. The van der Waals surface area contributed by atoms with E-state index in [1.807, 2.05) is 25.1 Å². The second-order valence-electron chi connectivity index (χ2n) is 6.81. The molecule has 7 heteroatoms. The number of fused-ring (bicyclic) bond motifs is 1. The maximum Gasteiger partial charge on any atom is 0.322 e. The summed E-state index contributed by atoms with van der Waals surface area (Å²) < 4.78 is 11.1. The average Bonchev–Trinajstić information content (AvgIpc) is 2.74. The molecule has 0 bridgehead atoms. The molecule has 2 amide bonds. The number of carbonyl (C=O) groups excluding carboxylic acids is 1. The minimum atomic E-state index is -0.130. The summed E-state index contributed by atoms with van der Waals surface area (Å²) in [6.07, 6.45) is 2.43. The maximum absolute atomic E-state index is 12.7. The molecule has 1 aromatic heterocycles. The molecular weight excluding hydrogens is 368 g/mol. The Morgan fingerprint density at radius 2 is 1.97 bits per heavy atom. The highest BCUT2D eigenvalue weighted by Crippen LogP contribution is 2.28. The molecule has 1 N–H and O–H groups in total. The van der Waals surface area contributed by atoms with Gasteiger partial charge in [-0.25, -0.2) is 14.8 Å². The topological polar surface area (TPSA) is 76.6 Å². The molecule has 0 aliphatic carbocycles. The second-order valence-corrected chi connectivity index (χ2v) is 6.81. The Labute approximate surface area is 169 Å². The molecule has 4 rings (SSSR count). The maximum atomic E-state index is 12.7. The van der Waals surface area contributed by atoms with Gasteiger partial charge in [0.1, 0.15) is 11.5 Å². The molecule has 2 aromatic carbocycles. The largest absolute Gasteiger partial charge is 0.496 e. The number of anilines is 1. The Morgan fingerprint density at radius 3 is 2.72 bits per heavy atom. The zero-order valence-electron chi connectivity index (χ0n) is 16.4. The first-order chi connectivity index (χ1) is 14.1. The van der Waals surface area contributed by atoms with Gasteiger partial charge >= 0.3 is 12.0 Å². The van der Waals surface area contributed by atoms with E-state index < -0.39 is 0 Å². The average molecular weight is 390 g/mol. The van der Waals surface area contributed by atoms with Gasteiger partial charge in [-0.1, -0.05) is 12.1 Å². The zero-order chi connectivity index (χ0) is 20.2. The number of nitrogens with one attached hydrogen (secondary N) is 1. The van der Waals surface area contributed by atoms with Gasteiger partial charge in [0.05, 0.1) is 7.11 Å². The van der Waals surface area contributed by atoms with Crippen molar-refractivity contribution in [1.29, 1.82) is 0 Å². The van der Waals surface area contributed by atoms with Crippen LogP contribution in [-0.2, 0) is 13.0 Å². The lowest BCUT2D eigenvalue weighted by atomic mass is 9.99. The van der Waals surface area contributed by atoms with Gasteiger partial charge in [0, 0.05) is 36.2 Å². The molecule has 1 aliphatic heterocycles. The van der Waals surface area contributed by atoms with E-state index in [1.54, 1.807) is 48.5 Å². The van der Waals surface area contributed by atoms with Gasteiger partial charge in [-0.2, -0.15) is 0 Å². The highest BCUT2D eigenvalue weighted by molar-refractivity contribution is 5.89. The molecule has 0 atom stereocenters. The Balaban J connectivity index is 1.38. The highest BCUT2D eigenvalue weighted by atomic mass is 16.5. The molecule has 2 heterocycles. The van der Waals surface area contributed by atoms with E-state index in [4.69, 9.17) is 9.47 Å².